The van der Waals surface area contributed by atoms with E-state index >= 15 is 0 Å². The molecule has 18 heavy (non-hydrogen) atoms. The van der Waals surface area contributed by atoms with Crippen LogP contribution in [-0.2, 0) is 0 Å². The molecule has 0 bridgehead atoms. The molecular formula is C15H26N2S. The topological polar surface area (TPSA) is 29.3 Å². The number of thioether (sulfide) groups is 1. The average molecular weight is 266 g/mol. The molecule has 2 N–H and O–H groups in total. The van der Waals surface area contributed by atoms with E-state index in [0.29, 0.717) is 6.04 Å². The van der Waals surface area contributed by atoms with Crippen LogP contribution in [0.15, 0.2) is 24.3 Å². The van der Waals surface area contributed by atoms with Gasteiger partial charge in [-0.1, -0.05) is 25.1 Å². The van der Waals surface area contributed by atoms with Gasteiger partial charge in [-0.15, -0.1) is 0 Å². The van der Waals surface area contributed by atoms with Gasteiger partial charge >= 0.3 is 0 Å². The Kier molecular flexibility index (Phi) is 6.58. The lowest BCUT2D eigenvalue weighted by atomic mass is 10.0. The molecule has 0 radical (unpaired) electrons. The van der Waals surface area contributed by atoms with Gasteiger partial charge in [0.1, 0.15) is 0 Å². The molecule has 1 aromatic rings. The van der Waals surface area contributed by atoms with Gasteiger partial charge in [-0.05, 0) is 43.4 Å². The van der Waals surface area contributed by atoms with Crippen molar-refractivity contribution in [1.82, 2.24) is 0 Å². The molecule has 0 fully saturated rings. The first-order chi connectivity index (χ1) is 8.61. The normalized spacial score (nSPS) is 14.3. The fourth-order valence-corrected chi connectivity index (χ4v) is 2.64. The molecule has 0 saturated carbocycles. The van der Waals surface area contributed by atoms with Gasteiger partial charge in [0.15, 0.2) is 0 Å². The standard InChI is InChI=1S/C15H26N2S/c1-5-14(16)13-8-6-7-9-15(13)17(3)12(2)10-11-18-4/h6-9,12,14H,5,10-11,16H2,1-4H3. The van der Waals surface area contributed by atoms with Gasteiger partial charge in [0.25, 0.3) is 0 Å². The molecule has 2 atom stereocenters. The van der Waals surface area contributed by atoms with Crippen molar-refractivity contribution < 1.29 is 0 Å². The zero-order chi connectivity index (χ0) is 13.5. The summed E-state index contributed by atoms with van der Waals surface area (Å²) in [6.45, 7) is 4.42. The summed E-state index contributed by atoms with van der Waals surface area (Å²) in [5, 5.41) is 0. The maximum Gasteiger partial charge on any atom is 0.0414 e. The zero-order valence-electron chi connectivity index (χ0n) is 12.0. The van der Waals surface area contributed by atoms with Crippen molar-refractivity contribution in [2.24, 2.45) is 5.73 Å². The highest BCUT2D eigenvalue weighted by atomic mass is 32.2. The van der Waals surface area contributed by atoms with Gasteiger partial charge in [-0.3, -0.25) is 0 Å². The predicted octanol–water partition coefficient (Wildman–Crippen LogP) is 3.67. The fourth-order valence-electron chi connectivity index (χ4n) is 2.06. The third kappa shape index (κ3) is 3.92. The van der Waals surface area contributed by atoms with Crippen molar-refractivity contribution in [1.29, 1.82) is 0 Å². The number of hydrogen-bond acceptors (Lipinski definition) is 3. The number of nitrogens with two attached hydrogens (primary N) is 1. The number of hydrogen-bond donors (Lipinski definition) is 1. The molecule has 3 heteroatoms. The molecule has 1 rings (SSSR count). The van der Waals surface area contributed by atoms with E-state index < -0.39 is 0 Å². The predicted molar refractivity (Wildman–Crippen MR) is 84.5 cm³/mol. The van der Waals surface area contributed by atoms with E-state index in [1.54, 1.807) is 0 Å². The monoisotopic (exact) mass is 266 g/mol. The molecule has 1 aromatic carbocycles. The summed E-state index contributed by atoms with van der Waals surface area (Å²) in [5.41, 5.74) is 8.74. The van der Waals surface area contributed by atoms with Crippen LogP contribution >= 0.6 is 11.8 Å². The molecule has 2 unspecified atom stereocenters. The summed E-state index contributed by atoms with van der Waals surface area (Å²) >= 11 is 1.91. The first kappa shape index (κ1) is 15.4. The molecule has 0 aliphatic rings. The Morgan fingerprint density at radius 1 is 1.33 bits per heavy atom. The largest absolute Gasteiger partial charge is 0.372 e. The maximum absolute atomic E-state index is 6.20. The van der Waals surface area contributed by atoms with Crippen LogP contribution in [0.2, 0.25) is 0 Å². The number of anilines is 1. The highest BCUT2D eigenvalue weighted by Crippen LogP contribution is 2.27. The van der Waals surface area contributed by atoms with Crippen LogP contribution in [0.5, 0.6) is 0 Å². The van der Waals surface area contributed by atoms with Crippen molar-refractivity contribution >= 4 is 17.4 Å². The highest BCUT2D eigenvalue weighted by Gasteiger charge is 2.15. The smallest absolute Gasteiger partial charge is 0.0414 e. The van der Waals surface area contributed by atoms with E-state index in [0.717, 1.165) is 6.42 Å². The fraction of sp³-hybridized carbons (Fsp3) is 0.600. The van der Waals surface area contributed by atoms with E-state index in [4.69, 9.17) is 5.73 Å². The molecule has 102 valence electrons. The van der Waals surface area contributed by atoms with Crippen molar-refractivity contribution in [2.75, 3.05) is 24.0 Å². The van der Waals surface area contributed by atoms with E-state index in [2.05, 4.69) is 56.3 Å². The summed E-state index contributed by atoms with van der Waals surface area (Å²) in [5.74, 6) is 1.20. The van der Waals surface area contributed by atoms with Crippen molar-refractivity contribution in [3.63, 3.8) is 0 Å². The Morgan fingerprint density at radius 2 is 2.00 bits per heavy atom. The minimum atomic E-state index is 0.136. The quantitative estimate of drug-likeness (QED) is 0.816. The van der Waals surface area contributed by atoms with Crippen molar-refractivity contribution in [3.05, 3.63) is 29.8 Å². The number of nitrogens with zero attached hydrogens (tertiary/aromatic N) is 1. The lowest BCUT2D eigenvalue weighted by Gasteiger charge is -2.30. The molecule has 0 aliphatic carbocycles. The van der Waals surface area contributed by atoms with E-state index in [9.17, 15) is 0 Å². The van der Waals surface area contributed by atoms with Crippen molar-refractivity contribution in [3.8, 4) is 0 Å². The molecule has 0 aromatic heterocycles. The van der Waals surface area contributed by atoms with Gasteiger partial charge in [0.05, 0.1) is 0 Å². The molecule has 0 saturated heterocycles. The molecule has 0 aliphatic heterocycles. The van der Waals surface area contributed by atoms with Gasteiger partial charge in [0.2, 0.25) is 0 Å². The van der Waals surface area contributed by atoms with Gasteiger partial charge in [-0.2, -0.15) is 11.8 Å². The third-order valence-corrected chi connectivity index (χ3v) is 4.20. The minimum absolute atomic E-state index is 0.136. The first-order valence-electron chi connectivity index (χ1n) is 6.68. The van der Waals surface area contributed by atoms with E-state index in [-0.39, 0.29) is 6.04 Å². The number of benzene rings is 1. The summed E-state index contributed by atoms with van der Waals surface area (Å²) in [6, 6.07) is 9.19. The van der Waals surface area contributed by atoms with Gasteiger partial charge < -0.3 is 10.6 Å². The van der Waals surface area contributed by atoms with Gasteiger partial charge in [-0.25, -0.2) is 0 Å². The van der Waals surface area contributed by atoms with Crippen LogP contribution in [0.4, 0.5) is 5.69 Å². The summed E-state index contributed by atoms with van der Waals surface area (Å²) in [6.07, 6.45) is 4.34. The maximum atomic E-state index is 6.20. The first-order valence-corrected chi connectivity index (χ1v) is 8.07. The number of para-hydroxylation sites is 1. The Hall–Kier alpha value is -0.670. The van der Waals surface area contributed by atoms with Crippen LogP contribution in [0.25, 0.3) is 0 Å². The van der Waals surface area contributed by atoms with Crippen LogP contribution < -0.4 is 10.6 Å². The highest BCUT2D eigenvalue weighted by molar-refractivity contribution is 7.98. The molecule has 2 nitrogen and oxygen atoms in total. The molecule has 0 amide bonds. The lowest BCUT2D eigenvalue weighted by molar-refractivity contribution is 0.650. The van der Waals surface area contributed by atoms with E-state index in [1.807, 2.05) is 11.8 Å². The van der Waals surface area contributed by atoms with Crippen LogP contribution in [0.3, 0.4) is 0 Å². The Balaban J connectivity index is 2.87. The zero-order valence-corrected chi connectivity index (χ0v) is 12.8. The Labute approximate surface area is 116 Å². The Morgan fingerprint density at radius 3 is 2.61 bits per heavy atom. The summed E-state index contributed by atoms with van der Waals surface area (Å²) in [4.78, 5) is 2.36. The van der Waals surface area contributed by atoms with Gasteiger partial charge in [0, 0.05) is 24.8 Å². The van der Waals surface area contributed by atoms with Crippen LogP contribution in [-0.4, -0.2) is 25.1 Å². The van der Waals surface area contributed by atoms with Crippen LogP contribution in [0, 0.1) is 0 Å². The van der Waals surface area contributed by atoms with E-state index in [1.165, 1.54) is 23.4 Å². The molecule has 0 spiro atoms. The minimum Gasteiger partial charge on any atom is -0.372 e. The summed E-state index contributed by atoms with van der Waals surface area (Å²) < 4.78 is 0. The molecule has 0 heterocycles. The molecular weight excluding hydrogens is 240 g/mol. The second-order valence-corrected chi connectivity index (χ2v) is 5.80. The second kappa shape index (κ2) is 7.70. The SMILES string of the molecule is CCC(N)c1ccccc1N(C)C(C)CCSC. The summed E-state index contributed by atoms with van der Waals surface area (Å²) in [7, 11) is 2.17. The van der Waals surface area contributed by atoms with Crippen molar-refractivity contribution in [2.45, 2.75) is 38.8 Å². The van der Waals surface area contributed by atoms with Crippen LogP contribution in [0.1, 0.15) is 38.3 Å². The lowest BCUT2D eigenvalue weighted by Crippen LogP contribution is -2.31. The number of rotatable bonds is 7. The average Bonchev–Trinajstić information content (AvgIpc) is 2.43. The third-order valence-electron chi connectivity index (χ3n) is 3.56. The second-order valence-electron chi connectivity index (χ2n) is 4.81. The Bertz CT molecular complexity index is 354.